The van der Waals surface area contributed by atoms with Gasteiger partial charge in [-0.3, -0.25) is 19.6 Å². The van der Waals surface area contributed by atoms with Crippen molar-refractivity contribution in [2.24, 2.45) is 0 Å². The highest BCUT2D eigenvalue weighted by atomic mass is 19.1. The van der Waals surface area contributed by atoms with Gasteiger partial charge >= 0.3 is 6.09 Å². The highest BCUT2D eigenvalue weighted by molar-refractivity contribution is 5.96. The summed E-state index contributed by atoms with van der Waals surface area (Å²) in [6.45, 7) is 3.64. The quantitative estimate of drug-likeness (QED) is 0.0504. The minimum absolute atomic E-state index is 0.0200. The average Bonchev–Trinajstić information content (AvgIpc) is 3.04. The smallest absolute Gasteiger partial charge is 0.407 e. The van der Waals surface area contributed by atoms with Crippen LogP contribution in [0.25, 0.3) is 0 Å². The maximum atomic E-state index is 14.3. The normalized spacial score (nSPS) is 10.7. The molecule has 14 nitrogen and oxygen atoms in total. The molecule has 0 aliphatic carbocycles. The van der Waals surface area contributed by atoms with E-state index in [4.69, 9.17) is 30.9 Å². The monoisotopic (exact) mass is 648 g/mol. The molecule has 2 rings (SSSR count). The van der Waals surface area contributed by atoms with E-state index < -0.39 is 23.7 Å². The molecule has 2 aromatic carbocycles. The Morgan fingerprint density at radius 1 is 0.891 bits per heavy atom. The van der Waals surface area contributed by atoms with Gasteiger partial charge in [-0.15, -0.1) is 0 Å². The number of nitrogen functional groups attached to an aromatic ring is 2. The summed E-state index contributed by atoms with van der Waals surface area (Å²) in [4.78, 5) is 50.4. The predicted molar refractivity (Wildman–Crippen MR) is 169 cm³/mol. The van der Waals surface area contributed by atoms with Crippen molar-refractivity contribution in [2.45, 2.75) is 52.0 Å². The molecule has 0 bridgehead atoms. The molecule has 0 atom stereocenters. The number of hydrogen-bond acceptors (Lipinski definition) is 10. The first kappa shape index (κ1) is 37.7. The molecule has 2 aromatic rings. The number of hydroxylamine groups is 1. The van der Waals surface area contributed by atoms with Gasteiger partial charge in [-0.1, -0.05) is 12.8 Å². The Hall–Kier alpha value is -4.47. The van der Waals surface area contributed by atoms with E-state index in [0.717, 1.165) is 12.8 Å². The van der Waals surface area contributed by atoms with Gasteiger partial charge < -0.3 is 41.2 Å². The molecule has 0 aliphatic heterocycles. The number of carbonyl (C=O) groups is 4. The minimum atomic E-state index is -0.707. The molecule has 4 amide bonds. The molecule has 46 heavy (non-hydrogen) atoms. The van der Waals surface area contributed by atoms with Crippen molar-refractivity contribution >= 4 is 40.9 Å². The molecule has 0 saturated carbocycles. The van der Waals surface area contributed by atoms with Crippen LogP contribution in [-0.4, -0.2) is 80.0 Å². The summed E-state index contributed by atoms with van der Waals surface area (Å²) in [5.41, 5.74) is 14.1. The number of nitrogens with zero attached hydrogens (tertiary/aromatic N) is 1. The Morgan fingerprint density at radius 2 is 1.54 bits per heavy atom. The van der Waals surface area contributed by atoms with Crippen LogP contribution in [0.3, 0.4) is 0 Å². The number of rotatable bonds is 21. The van der Waals surface area contributed by atoms with E-state index in [1.165, 1.54) is 17.0 Å². The lowest BCUT2D eigenvalue weighted by Gasteiger charge is -2.24. The van der Waals surface area contributed by atoms with E-state index in [-0.39, 0.29) is 63.0 Å². The fourth-order valence-electron chi connectivity index (χ4n) is 4.25. The summed E-state index contributed by atoms with van der Waals surface area (Å²) < 4.78 is 29.8. The van der Waals surface area contributed by atoms with Crippen LogP contribution >= 0.6 is 0 Å². The van der Waals surface area contributed by atoms with E-state index in [1.807, 2.05) is 6.92 Å². The average molecular weight is 649 g/mol. The lowest BCUT2D eigenvalue weighted by atomic mass is 10.1. The second kappa shape index (κ2) is 21.3. The van der Waals surface area contributed by atoms with Gasteiger partial charge in [-0.05, 0) is 61.7 Å². The Bertz CT molecular complexity index is 1240. The Kier molecular flexibility index (Phi) is 17.5. The van der Waals surface area contributed by atoms with Crippen molar-refractivity contribution in [2.75, 3.05) is 62.9 Å². The largest absolute Gasteiger partial charge is 0.447 e. The van der Waals surface area contributed by atoms with Gasteiger partial charge in [0.1, 0.15) is 12.4 Å². The third kappa shape index (κ3) is 14.5. The molecule has 0 unspecified atom stereocenters. The number of ether oxygens (including phenoxy) is 3. The maximum absolute atomic E-state index is 14.3. The van der Waals surface area contributed by atoms with E-state index in [0.29, 0.717) is 49.5 Å². The van der Waals surface area contributed by atoms with E-state index in [1.54, 1.807) is 29.7 Å². The fraction of sp³-hybridized carbons (Fsp3) is 0.484. The van der Waals surface area contributed by atoms with Crippen molar-refractivity contribution in [3.05, 3.63) is 53.3 Å². The number of carbonyl (C=O) groups excluding carboxylic acids is 4. The second-order valence-corrected chi connectivity index (χ2v) is 10.3. The molecule has 0 radical (unpaired) electrons. The van der Waals surface area contributed by atoms with Crippen LogP contribution in [0.2, 0.25) is 0 Å². The van der Waals surface area contributed by atoms with E-state index in [2.05, 4.69) is 10.6 Å². The molecular formula is C31H45FN6O8. The van der Waals surface area contributed by atoms with Crippen molar-refractivity contribution in [1.29, 1.82) is 0 Å². The van der Waals surface area contributed by atoms with Crippen LogP contribution in [-0.2, 0) is 30.3 Å². The molecule has 15 heteroatoms. The number of anilines is 3. The number of nitrogens with two attached hydrogens (primary N) is 2. The van der Waals surface area contributed by atoms with Crippen LogP contribution in [0.1, 0.15) is 61.4 Å². The van der Waals surface area contributed by atoms with E-state index in [9.17, 15) is 23.6 Å². The second-order valence-electron chi connectivity index (χ2n) is 10.3. The number of unbranched alkanes of at least 4 members (excludes halogenated alkanes) is 3. The summed E-state index contributed by atoms with van der Waals surface area (Å²) in [5, 5.41) is 13.9. The lowest BCUT2D eigenvalue weighted by molar-refractivity contribution is -0.129. The zero-order valence-electron chi connectivity index (χ0n) is 26.1. The minimum Gasteiger partial charge on any atom is -0.447 e. The highest BCUT2D eigenvalue weighted by Gasteiger charge is 2.18. The molecule has 0 aromatic heterocycles. The van der Waals surface area contributed by atoms with Crippen LogP contribution in [0.4, 0.5) is 26.2 Å². The van der Waals surface area contributed by atoms with Crippen molar-refractivity contribution in [3.8, 4) is 0 Å². The third-order valence-corrected chi connectivity index (χ3v) is 6.67. The van der Waals surface area contributed by atoms with Gasteiger partial charge in [0.15, 0.2) is 0 Å². The van der Waals surface area contributed by atoms with Crippen molar-refractivity contribution in [3.63, 3.8) is 0 Å². The summed E-state index contributed by atoms with van der Waals surface area (Å²) in [7, 11) is 0. The zero-order chi connectivity index (χ0) is 33.7. The molecule has 0 saturated heterocycles. The standard InChI is InChI=1S/C31H45FN6O8/c1-2-44-15-16-45-17-18-46-31(42)35-13-14-38(21-22-19-25(32)29(34)26(33)20-22)30(41)23-9-11-24(12-10-23)36-27(39)7-5-3-4-6-8-28(40)37-43/h9-12,19-20,43H,2-8,13-18,21,33-34H2,1H3,(H,35,42)(H,36,39)(H,37,40). The van der Waals surface area contributed by atoms with Gasteiger partial charge in [-0.25, -0.2) is 14.7 Å². The highest BCUT2D eigenvalue weighted by Crippen LogP contribution is 2.22. The topological polar surface area (TPSA) is 208 Å². The van der Waals surface area contributed by atoms with Crippen molar-refractivity contribution < 1.29 is 43.0 Å². The Balaban J connectivity index is 1.92. The SMILES string of the molecule is CCOCCOCCOC(=O)NCCN(Cc1cc(N)c(N)c(F)c1)C(=O)c1ccc(NC(=O)CCCCCCC(=O)NO)cc1. The maximum Gasteiger partial charge on any atom is 0.407 e. The molecule has 0 aliphatic rings. The predicted octanol–water partition coefficient (Wildman–Crippen LogP) is 3.20. The van der Waals surface area contributed by atoms with Gasteiger partial charge in [0, 0.05) is 50.3 Å². The molecule has 254 valence electrons. The Labute approximate surface area is 267 Å². The summed E-state index contributed by atoms with van der Waals surface area (Å²) in [5.74, 6) is -1.73. The number of alkyl carbamates (subject to hydrolysis) is 1. The first-order valence-electron chi connectivity index (χ1n) is 15.2. The molecule has 8 N–H and O–H groups in total. The number of nitrogens with one attached hydrogen (secondary N) is 3. The van der Waals surface area contributed by atoms with Gasteiger partial charge in [-0.2, -0.15) is 0 Å². The number of hydrogen-bond donors (Lipinski definition) is 6. The Morgan fingerprint density at radius 3 is 2.20 bits per heavy atom. The van der Waals surface area contributed by atoms with Gasteiger partial charge in [0.05, 0.1) is 31.2 Å². The van der Waals surface area contributed by atoms with Crippen LogP contribution < -0.4 is 27.6 Å². The zero-order valence-corrected chi connectivity index (χ0v) is 26.1. The number of halogens is 1. The van der Waals surface area contributed by atoms with Crippen LogP contribution in [0.5, 0.6) is 0 Å². The summed E-state index contributed by atoms with van der Waals surface area (Å²) in [6.07, 6.45) is 2.60. The van der Waals surface area contributed by atoms with Gasteiger partial charge in [0.25, 0.3) is 5.91 Å². The molecule has 0 heterocycles. The lowest BCUT2D eigenvalue weighted by Crippen LogP contribution is -2.38. The van der Waals surface area contributed by atoms with E-state index >= 15 is 0 Å². The summed E-state index contributed by atoms with van der Waals surface area (Å²) >= 11 is 0. The third-order valence-electron chi connectivity index (χ3n) is 6.67. The van der Waals surface area contributed by atoms with Gasteiger partial charge in [0.2, 0.25) is 11.8 Å². The summed E-state index contributed by atoms with van der Waals surface area (Å²) in [6, 6.07) is 9.00. The number of amides is 4. The van der Waals surface area contributed by atoms with Crippen molar-refractivity contribution in [1.82, 2.24) is 15.7 Å². The van der Waals surface area contributed by atoms with Crippen LogP contribution in [0, 0.1) is 5.82 Å². The molecular weight excluding hydrogens is 603 g/mol. The van der Waals surface area contributed by atoms with Crippen LogP contribution in [0.15, 0.2) is 36.4 Å². The first-order chi connectivity index (χ1) is 22.1. The first-order valence-corrected chi connectivity index (χ1v) is 15.2. The number of benzene rings is 2. The fourth-order valence-corrected chi connectivity index (χ4v) is 4.25. The molecule has 0 spiro atoms. The molecule has 0 fully saturated rings.